The lowest BCUT2D eigenvalue weighted by atomic mass is 10.3. The van der Waals surface area contributed by atoms with Crippen LogP contribution in [0.5, 0.6) is 0 Å². The van der Waals surface area contributed by atoms with Crippen LogP contribution in [0, 0.1) is 13.8 Å². The van der Waals surface area contributed by atoms with Gasteiger partial charge < -0.3 is 11.1 Å². The molecule has 17 heavy (non-hydrogen) atoms. The molecule has 6 heteroatoms. The van der Waals surface area contributed by atoms with Crippen LogP contribution in [0.2, 0.25) is 0 Å². The maximum absolute atomic E-state index is 11.7. The topological polar surface area (TPSA) is 83.8 Å². The van der Waals surface area contributed by atoms with E-state index in [-0.39, 0.29) is 11.9 Å². The van der Waals surface area contributed by atoms with Crippen LogP contribution in [-0.4, -0.2) is 33.7 Å². The summed E-state index contributed by atoms with van der Waals surface area (Å²) in [7, 11) is 0. The molecule has 4 N–H and O–H groups in total. The highest BCUT2D eigenvalue weighted by molar-refractivity contribution is 8.00. The molecule has 1 amide bonds. The summed E-state index contributed by atoms with van der Waals surface area (Å²) < 4.78 is 0. The number of carbonyl (C=O) groups excluding carboxylic acids is 1. The molecule has 0 aromatic carbocycles. The second-order valence-corrected chi connectivity index (χ2v) is 5.07. The Morgan fingerprint density at radius 1 is 1.59 bits per heavy atom. The lowest BCUT2D eigenvalue weighted by molar-refractivity contribution is -0.113. The van der Waals surface area contributed by atoms with Crippen molar-refractivity contribution in [1.82, 2.24) is 10.2 Å². The van der Waals surface area contributed by atoms with Crippen molar-refractivity contribution in [3.8, 4) is 0 Å². The zero-order valence-corrected chi connectivity index (χ0v) is 11.4. The van der Waals surface area contributed by atoms with Crippen LogP contribution in [-0.2, 0) is 4.79 Å². The van der Waals surface area contributed by atoms with E-state index in [0.717, 1.165) is 29.2 Å². The maximum Gasteiger partial charge on any atom is 0.234 e. The summed E-state index contributed by atoms with van der Waals surface area (Å²) in [5, 5.41) is 9.71. The third kappa shape index (κ3) is 4.40. The minimum atomic E-state index is -0.00842. The van der Waals surface area contributed by atoms with E-state index in [2.05, 4.69) is 15.5 Å². The molecule has 0 aliphatic carbocycles. The zero-order chi connectivity index (χ0) is 12.8. The average Bonchev–Trinajstić information content (AvgIpc) is 2.60. The second-order valence-electron chi connectivity index (χ2n) is 4.04. The van der Waals surface area contributed by atoms with E-state index in [9.17, 15) is 4.79 Å². The number of anilines is 1. The molecular weight excluding hydrogens is 236 g/mol. The molecule has 1 atom stereocenters. The molecule has 1 heterocycles. The molecule has 5 nitrogen and oxygen atoms in total. The number of thioether (sulfide) groups is 1. The lowest BCUT2D eigenvalue weighted by Crippen LogP contribution is -2.23. The molecule has 0 radical (unpaired) electrons. The first-order valence-electron chi connectivity index (χ1n) is 5.69. The number of carbonyl (C=O) groups is 1. The molecule has 0 spiro atoms. The number of hydrogen-bond donors (Lipinski definition) is 3. The van der Waals surface area contributed by atoms with E-state index in [1.54, 1.807) is 11.8 Å². The molecular formula is C11H20N4OS. The first-order valence-corrected chi connectivity index (χ1v) is 6.84. The Balaban J connectivity index is 2.35. The van der Waals surface area contributed by atoms with Crippen molar-refractivity contribution in [2.75, 3.05) is 16.8 Å². The molecule has 0 bridgehead atoms. The fourth-order valence-corrected chi connectivity index (χ4v) is 2.25. The van der Waals surface area contributed by atoms with Crippen molar-refractivity contribution >= 4 is 23.4 Å². The standard InChI is InChI=1S/C11H20N4OS/c1-4-9(12)5-17-6-10(16)13-11-7(2)14-15-8(11)3/h9H,4-6,12H2,1-3H3,(H,13,16)(H,14,15). The van der Waals surface area contributed by atoms with Crippen LogP contribution in [0.3, 0.4) is 0 Å². The number of nitrogens with zero attached hydrogens (tertiary/aromatic N) is 1. The van der Waals surface area contributed by atoms with E-state index in [1.807, 2.05) is 20.8 Å². The fourth-order valence-electron chi connectivity index (χ4n) is 1.33. The lowest BCUT2D eigenvalue weighted by Gasteiger charge is -2.08. The minimum absolute atomic E-state index is 0.00842. The van der Waals surface area contributed by atoms with E-state index in [1.165, 1.54) is 0 Å². The Kier molecular flexibility index (Phi) is 5.50. The fraction of sp³-hybridized carbons (Fsp3) is 0.636. The summed E-state index contributed by atoms with van der Waals surface area (Å²) in [6, 6.07) is 0.171. The number of aromatic nitrogens is 2. The van der Waals surface area contributed by atoms with Gasteiger partial charge in [0.25, 0.3) is 0 Å². The smallest absolute Gasteiger partial charge is 0.234 e. The quantitative estimate of drug-likeness (QED) is 0.719. The minimum Gasteiger partial charge on any atom is -0.327 e. The molecule has 0 fully saturated rings. The number of aryl methyl sites for hydroxylation is 2. The zero-order valence-electron chi connectivity index (χ0n) is 10.5. The number of rotatable bonds is 6. The van der Waals surface area contributed by atoms with E-state index >= 15 is 0 Å². The van der Waals surface area contributed by atoms with Gasteiger partial charge >= 0.3 is 0 Å². The summed E-state index contributed by atoms with van der Waals surface area (Å²) in [5.74, 6) is 1.23. The number of amides is 1. The van der Waals surface area contributed by atoms with E-state index in [4.69, 9.17) is 5.73 Å². The molecule has 1 aromatic heterocycles. The van der Waals surface area contributed by atoms with E-state index < -0.39 is 0 Å². The summed E-state index contributed by atoms with van der Waals surface area (Å²) in [5.41, 5.74) is 8.26. The monoisotopic (exact) mass is 256 g/mol. The first kappa shape index (κ1) is 14.1. The van der Waals surface area contributed by atoms with Crippen molar-refractivity contribution < 1.29 is 4.79 Å². The number of H-pyrrole nitrogens is 1. The normalized spacial score (nSPS) is 12.5. The third-order valence-corrected chi connectivity index (χ3v) is 3.61. The summed E-state index contributed by atoms with van der Waals surface area (Å²) in [6.07, 6.45) is 0.939. The number of aromatic amines is 1. The van der Waals surface area contributed by atoms with Gasteiger partial charge in [-0.15, -0.1) is 0 Å². The molecule has 1 rings (SSSR count). The van der Waals surface area contributed by atoms with Gasteiger partial charge in [-0.3, -0.25) is 9.89 Å². The highest BCUT2D eigenvalue weighted by Gasteiger charge is 2.10. The number of hydrogen-bond acceptors (Lipinski definition) is 4. The highest BCUT2D eigenvalue weighted by atomic mass is 32.2. The van der Waals surface area contributed by atoms with Crippen LogP contribution in [0.4, 0.5) is 5.69 Å². The summed E-state index contributed by atoms with van der Waals surface area (Å²) in [6.45, 7) is 5.79. The van der Waals surface area contributed by atoms with Crippen molar-refractivity contribution in [2.45, 2.75) is 33.2 Å². The predicted molar refractivity (Wildman–Crippen MR) is 72.3 cm³/mol. The molecule has 0 aliphatic rings. The van der Waals surface area contributed by atoms with Gasteiger partial charge in [0.2, 0.25) is 5.91 Å². The predicted octanol–water partition coefficient (Wildman–Crippen LogP) is 1.44. The van der Waals surface area contributed by atoms with E-state index in [0.29, 0.717) is 5.75 Å². The highest BCUT2D eigenvalue weighted by Crippen LogP contribution is 2.16. The maximum atomic E-state index is 11.7. The Hall–Kier alpha value is -1.01. The van der Waals surface area contributed by atoms with Gasteiger partial charge in [-0.25, -0.2) is 0 Å². The molecule has 0 aliphatic heterocycles. The van der Waals surface area contributed by atoms with Crippen molar-refractivity contribution in [3.05, 3.63) is 11.4 Å². The summed E-state index contributed by atoms with van der Waals surface area (Å²) in [4.78, 5) is 11.7. The Labute approximate surface area is 106 Å². The Morgan fingerprint density at radius 2 is 2.29 bits per heavy atom. The van der Waals surface area contributed by atoms with Gasteiger partial charge in [0.15, 0.2) is 0 Å². The number of nitrogens with two attached hydrogens (primary N) is 1. The van der Waals surface area contributed by atoms with Gasteiger partial charge in [-0.1, -0.05) is 6.92 Å². The van der Waals surface area contributed by atoms with Gasteiger partial charge in [0.05, 0.1) is 22.8 Å². The largest absolute Gasteiger partial charge is 0.327 e. The SMILES string of the molecule is CCC(N)CSCC(=O)Nc1c(C)n[nH]c1C. The summed E-state index contributed by atoms with van der Waals surface area (Å²) >= 11 is 1.56. The van der Waals surface area contributed by atoms with Crippen LogP contribution in [0.1, 0.15) is 24.7 Å². The van der Waals surface area contributed by atoms with Gasteiger partial charge in [-0.2, -0.15) is 16.9 Å². The Morgan fingerprint density at radius 3 is 2.82 bits per heavy atom. The van der Waals surface area contributed by atoms with Crippen LogP contribution in [0.15, 0.2) is 0 Å². The van der Waals surface area contributed by atoms with Crippen molar-refractivity contribution in [2.24, 2.45) is 5.73 Å². The van der Waals surface area contributed by atoms with Crippen LogP contribution >= 0.6 is 11.8 Å². The second kappa shape index (κ2) is 6.66. The van der Waals surface area contributed by atoms with Gasteiger partial charge in [-0.05, 0) is 20.3 Å². The third-order valence-electron chi connectivity index (χ3n) is 2.48. The van der Waals surface area contributed by atoms with Gasteiger partial charge in [0.1, 0.15) is 0 Å². The van der Waals surface area contributed by atoms with Crippen LogP contribution < -0.4 is 11.1 Å². The average molecular weight is 256 g/mol. The van der Waals surface area contributed by atoms with Gasteiger partial charge in [0, 0.05) is 11.8 Å². The van der Waals surface area contributed by atoms with Crippen molar-refractivity contribution in [3.63, 3.8) is 0 Å². The molecule has 1 unspecified atom stereocenters. The molecule has 0 saturated carbocycles. The van der Waals surface area contributed by atoms with Crippen molar-refractivity contribution in [1.29, 1.82) is 0 Å². The first-order chi connectivity index (χ1) is 8.04. The molecule has 1 aromatic rings. The van der Waals surface area contributed by atoms with Crippen LogP contribution in [0.25, 0.3) is 0 Å². The molecule has 0 saturated heterocycles. The molecule has 96 valence electrons. The number of nitrogens with one attached hydrogen (secondary N) is 2. The Bertz CT molecular complexity index is 358.